The highest BCUT2D eigenvalue weighted by Gasteiger charge is 2.36. The lowest BCUT2D eigenvalue weighted by molar-refractivity contribution is -0.138. The Balaban J connectivity index is 1.63. The first-order valence-electron chi connectivity index (χ1n) is 26.8. The number of amides is 7. The van der Waals surface area contributed by atoms with Gasteiger partial charge in [-0.25, -0.2) is 0 Å². The maximum absolute atomic E-state index is 14.8. The Bertz CT molecular complexity index is 2490. The van der Waals surface area contributed by atoms with E-state index in [1.807, 2.05) is 102 Å². The molecule has 7 N–H and O–H groups in total. The lowest BCUT2D eigenvalue weighted by atomic mass is 9.77. The molecular weight excluding hydrogens is 983 g/mol. The fourth-order valence-electron chi connectivity index (χ4n) is 9.69. The maximum Gasteiger partial charge on any atom is 0.304 e. The maximum atomic E-state index is 14.8. The first-order chi connectivity index (χ1) is 35.6. The molecule has 0 unspecified atom stereocenters. The number of hydrogen-bond acceptors (Lipinski definition) is 9. The van der Waals surface area contributed by atoms with E-state index in [-0.39, 0.29) is 49.8 Å². The van der Waals surface area contributed by atoms with Crippen molar-refractivity contribution in [2.75, 3.05) is 25.0 Å². The molecule has 416 valence electrons. The first-order valence-corrected chi connectivity index (χ1v) is 30.5. The predicted octanol–water partition coefficient (Wildman–Crippen LogP) is 6.75. The molecule has 1 aliphatic heterocycles. The molecule has 0 saturated carbocycles. The van der Waals surface area contributed by atoms with Gasteiger partial charge in [-0.05, 0) is 116 Å². The van der Waals surface area contributed by atoms with E-state index in [1.165, 1.54) is 11.8 Å². The number of nitrogens with one attached hydrogen (secondary N) is 6. The van der Waals surface area contributed by atoms with Crippen LogP contribution in [0.2, 0.25) is 25.7 Å². The van der Waals surface area contributed by atoms with Gasteiger partial charge in [-0.3, -0.25) is 38.4 Å². The smallest absolute Gasteiger partial charge is 0.304 e. The number of rotatable bonds is 28. The van der Waals surface area contributed by atoms with E-state index in [0.29, 0.717) is 55.0 Å². The van der Waals surface area contributed by atoms with Crippen molar-refractivity contribution in [3.05, 3.63) is 94.5 Å². The molecule has 7 amide bonds. The number of carboxylic acids is 1. The average molecular weight is 1070 g/mol. The second kappa shape index (κ2) is 28.5. The molecule has 0 radical (unpaired) electrons. The number of nitrogens with zero attached hydrogens (tertiary/aromatic N) is 1. The second-order valence-corrected chi connectivity index (χ2v) is 28.8. The van der Waals surface area contributed by atoms with Gasteiger partial charge in [0.05, 0.1) is 19.6 Å². The Labute approximate surface area is 451 Å². The number of benzene rings is 3. The summed E-state index contributed by atoms with van der Waals surface area (Å²) in [6, 6.07) is 16.1. The minimum atomic E-state index is -1.36. The number of likely N-dealkylation sites (tertiary alicyclic amines) is 1. The molecule has 3 aromatic carbocycles. The van der Waals surface area contributed by atoms with E-state index in [9.17, 15) is 43.5 Å². The van der Waals surface area contributed by atoms with Gasteiger partial charge in [-0.15, -0.1) is 0 Å². The number of hydrogen-bond donors (Lipinski definition) is 7. The zero-order chi connectivity index (χ0) is 56.5. The van der Waals surface area contributed by atoms with E-state index in [2.05, 4.69) is 51.5 Å². The van der Waals surface area contributed by atoms with Crippen LogP contribution >= 0.6 is 0 Å². The number of carbonyl (C=O) groups is 8. The third kappa shape index (κ3) is 20.2. The fraction of sp³-hybridized carbons (Fsp3) is 0.552. The average Bonchev–Trinajstić information content (AvgIpc) is 3.82. The summed E-state index contributed by atoms with van der Waals surface area (Å²) in [6.45, 7) is 23.7. The van der Waals surface area contributed by atoms with Crippen LogP contribution in [0.3, 0.4) is 0 Å². The zero-order valence-electron chi connectivity index (χ0n) is 46.9. The molecule has 0 aliphatic carbocycles. The molecular formula is C58H85N7O10Si. The van der Waals surface area contributed by atoms with Crippen molar-refractivity contribution in [3.63, 3.8) is 0 Å². The number of carboxylic acid groups (broad SMARTS) is 1. The molecule has 1 fully saturated rings. The van der Waals surface area contributed by atoms with Crippen LogP contribution in [-0.4, -0.2) is 115 Å². The van der Waals surface area contributed by atoms with Gasteiger partial charge in [0.15, 0.2) is 0 Å². The number of aryl methyl sites for hydroxylation is 3. The topological polar surface area (TPSA) is 241 Å². The van der Waals surface area contributed by atoms with Crippen LogP contribution < -0.4 is 36.6 Å². The van der Waals surface area contributed by atoms with Crippen molar-refractivity contribution in [2.45, 2.75) is 175 Å². The van der Waals surface area contributed by atoms with Crippen LogP contribution in [-0.2, 0) is 56.6 Å². The van der Waals surface area contributed by atoms with Gasteiger partial charge in [0.2, 0.25) is 41.4 Å². The first kappa shape index (κ1) is 62.0. The molecule has 1 aliphatic rings. The van der Waals surface area contributed by atoms with Crippen molar-refractivity contribution in [3.8, 4) is 5.75 Å². The summed E-state index contributed by atoms with van der Waals surface area (Å²) in [4.78, 5) is 110. The lowest BCUT2D eigenvalue weighted by Crippen LogP contribution is -2.58. The van der Waals surface area contributed by atoms with Crippen molar-refractivity contribution < 1.29 is 48.2 Å². The second-order valence-electron chi connectivity index (χ2n) is 23.1. The largest absolute Gasteiger partial charge is 0.494 e. The summed E-state index contributed by atoms with van der Waals surface area (Å²) in [5.74, 6) is -4.24. The summed E-state index contributed by atoms with van der Waals surface area (Å²) in [7, 11) is -1.36. The van der Waals surface area contributed by atoms with Crippen LogP contribution in [0.25, 0.3) is 0 Å². The third-order valence-electron chi connectivity index (χ3n) is 13.4. The minimum absolute atomic E-state index is 0.00320. The molecule has 0 aromatic heterocycles. The molecule has 1 saturated heterocycles. The fourth-order valence-corrected chi connectivity index (χ4v) is 10.4. The Morgan fingerprint density at radius 2 is 1.36 bits per heavy atom. The van der Waals surface area contributed by atoms with Gasteiger partial charge in [0.1, 0.15) is 36.0 Å². The van der Waals surface area contributed by atoms with Gasteiger partial charge >= 0.3 is 5.97 Å². The highest BCUT2D eigenvalue weighted by Crippen LogP contribution is 2.37. The molecule has 18 heteroatoms. The van der Waals surface area contributed by atoms with Gasteiger partial charge in [-0.2, -0.15) is 0 Å². The quantitative estimate of drug-likeness (QED) is 0.0378. The zero-order valence-corrected chi connectivity index (χ0v) is 47.9. The molecule has 5 atom stereocenters. The lowest BCUT2D eigenvalue weighted by Gasteiger charge is -2.30. The van der Waals surface area contributed by atoms with Crippen LogP contribution in [0.4, 0.5) is 5.69 Å². The van der Waals surface area contributed by atoms with E-state index < -0.39 is 91.7 Å². The molecule has 17 nitrogen and oxygen atoms in total. The summed E-state index contributed by atoms with van der Waals surface area (Å²) in [5, 5.41) is 26.9. The van der Waals surface area contributed by atoms with Crippen molar-refractivity contribution in [1.29, 1.82) is 0 Å². The third-order valence-corrected chi connectivity index (χ3v) is 15.1. The monoisotopic (exact) mass is 1070 g/mol. The highest BCUT2D eigenvalue weighted by atomic mass is 28.3. The molecule has 0 spiro atoms. The van der Waals surface area contributed by atoms with Crippen molar-refractivity contribution in [2.24, 2.45) is 11.8 Å². The normalized spacial score (nSPS) is 15.2. The Morgan fingerprint density at radius 3 is 1.95 bits per heavy atom. The molecule has 4 rings (SSSR count). The Kier molecular flexibility index (Phi) is 23.3. The SMILES string of the molecule is CC(=O)N1CCC[C@H]1C(=O)N[C@@H](CC(C)C)C(=O)NCC(=O)N[C@@H](CCc1ccccc1)C(=O)N[C@@H](Cc1ccc(OCC[Si](C)(C)C)cc1)C(=O)N[C@@H](CC(C)C)C(=O)Nc1cc(C)cc(C)c1C(C)(C)CC(=O)O. The highest BCUT2D eigenvalue weighted by molar-refractivity contribution is 6.76. The molecule has 76 heavy (non-hydrogen) atoms. The van der Waals surface area contributed by atoms with Gasteiger partial charge in [-0.1, -0.05) is 110 Å². The Hall–Kier alpha value is -6.56. The molecule has 1 heterocycles. The van der Waals surface area contributed by atoms with E-state index in [1.54, 1.807) is 19.9 Å². The van der Waals surface area contributed by atoms with Gasteiger partial charge in [0.25, 0.3) is 0 Å². The van der Waals surface area contributed by atoms with Crippen LogP contribution in [0.1, 0.15) is 115 Å². The van der Waals surface area contributed by atoms with Crippen LogP contribution in [0.5, 0.6) is 5.75 Å². The predicted molar refractivity (Wildman–Crippen MR) is 298 cm³/mol. The van der Waals surface area contributed by atoms with Crippen molar-refractivity contribution >= 4 is 61.1 Å². The number of aliphatic carboxylic acids is 1. The van der Waals surface area contributed by atoms with Crippen LogP contribution in [0, 0.1) is 25.7 Å². The number of carbonyl (C=O) groups excluding carboxylic acids is 7. The van der Waals surface area contributed by atoms with E-state index >= 15 is 0 Å². The van der Waals surface area contributed by atoms with Crippen LogP contribution in [0.15, 0.2) is 66.7 Å². The molecule has 0 bridgehead atoms. The van der Waals surface area contributed by atoms with E-state index in [0.717, 1.165) is 22.7 Å². The molecule has 3 aromatic rings. The van der Waals surface area contributed by atoms with Gasteiger partial charge < -0.3 is 46.6 Å². The van der Waals surface area contributed by atoms with Crippen molar-refractivity contribution in [1.82, 2.24) is 31.5 Å². The summed E-state index contributed by atoms with van der Waals surface area (Å²) < 4.78 is 6.04. The number of ether oxygens (including phenoxy) is 1. The summed E-state index contributed by atoms with van der Waals surface area (Å²) >= 11 is 0. The minimum Gasteiger partial charge on any atom is -0.494 e. The Morgan fingerprint density at radius 1 is 0.750 bits per heavy atom. The summed E-state index contributed by atoms with van der Waals surface area (Å²) in [5.41, 5.74) is 3.46. The summed E-state index contributed by atoms with van der Waals surface area (Å²) in [6.07, 6.45) is 1.90. The standard InChI is InChI=1S/C58H85N7O10Si/c1-36(2)29-46(64-57(74)49-19-16-26-65(49)40(7)66)53(70)59-35-50(67)60-44(25-22-41-17-14-13-15-18-41)54(71)63-48(33-42-20-23-43(24-21-42)75-27-28-76(10,11)12)56(73)62-47(30-37(3)4)55(72)61-45-32-38(5)31-39(6)52(45)58(8,9)34-51(68)69/h13-15,17-18,20-21,23-24,31-32,36-37,44,46-49H,16,19,22,25-30,33-35H2,1-12H3,(H,59,70)(H,60,67)(H,61,72)(H,62,73)(H,63,71)(H,64,74)(H,68,69)/t44-,46-,47-,48-,49-/m0/s1. The van der Waals surface area contributed by atoms with E-state index in [4.69, 9.17) is 4.74 Å². The number of anilines is 1. The van der Waals surface area contributed by atoms with Gasteiger partial charge in [0, 0.05) is 39.1 Å².